The lowest BCUT2D eigenvalue weighted by Crippen LogP contribution is -2.27. The van der Waals surface area contributed by atoms with E-state index in [1.165, 1.54) is 12.1 Å². The monoisotopic (exact) mass is 297 g/mol. The van der Waals surface area contributed by atoms with E-state index in [0.29, 0.717) is 0 Å². The first kappa shape index (κ1) is 14.6. The fourth-order valence-electron chi connectivity index (χ4n) is 2.43. The maximum Gasteiger partial charge on any atom is 0.139 e. The molecule has 1 aromatic carbocycles. The van der Waals surface area contributed by atoms with Crippen LogP contribution in [0.3, 0.4) is 0 Å². The van der Waals surface area contributed by atoms with Gasteiger partial charge in [0.05, 0.1) is 0 Å². The zero-order valence-electron chi connectivity index (χ0n) is 13.3. The highest BCUT2D eigenvalue weighted by molar-refractivity contribution is 5.77. The molecule has 0 bridgehead atoms. The van der Waals surface area contributed by atoms with Gasteiger partial charge in [0.25, 0.3) is 0 Å². The first-order valence-electron chi connectivity index (χ1n) is 7.36. The smallest absolute Gasteiger partial charge is 0.139 e. The van der Waals surface area contributed by atoms with Gasteiger partial charge >= 0.3 is 0 Å². The number of aryl methyl sites for hydroxylation is 1. The van der Waals surface area contributed by atoms with Gasteiger partial charge in [0.2, 0.25) is 0 Å². The normalized spacial score (nSPS) is 11.9. The summed E-state index contributed by atoms with van der Waals surface area (Å²) in [5.41, 5.74) is 3.67. The SMILES string of the molecule is Cc1ccn2c(NC(C)(C)C)c(-c3ccc(F)cc3)nc2c1. The van der Waals surface area contributed by atoms with Crippen LogP contribution in [0.15, 0.2) is 42.6 Å². The van der Waals surface area contributed by atoms with Crippen LogP contribution in [0.1, 0.15) is 26.3 Å². The number of imidazole rings is 1. The Morgan fingerprint density at radius 2 is 1.77 bits per heavy atom. The van der Waals surface area contributed by atoms with Crippen LogP contribution < -0.4 is 5.32 Å². The molecule has 0 amide bonds. The van der Waals surface area contributed by atoms with Crippen molar-refractivity contribution in [3.05, 3.63) is 54.0 Å². The Balaban J connectivity index is 2.23. The van der Waals surface area contributed by atoms with Gasteiger partial charge in [0.1, 0.15) is 23.0 Å². The van der Waals surface area contributed by atoms with Gasteiger partial charge < -0.3 is 5.32 Å². The number of benzene rings is 1. The van der Waals surface area contributed by atoms with Crippen LogP contribution >= 0.6 is 0 Å². The van der Waals surface area contributed by atoms with Crippen LogP contribution in [-0.2, 0) is 0 Å². The van der Waals surface area contributed by atoms with E-state index in [1.807, 2.05) is 23.6 Å². The maximum absolute atomic E-state index is 13.2. The molecule has 3 nitrogen and oxygen atoms in total. The fraction of sp³-hybridized carbons (Fsp3) is 0.278. The minimum atomic E-state index is -0.242. The molecular formula is C18H20FN3. The third kappa shape index (κ3) is 2.82. The Kier molecular flexibility index (Phi) is 3.39. The average molecular weight is 297 g/mol. The maximum atomic E-state index is 13.2. The first-order chi connectivity index (χ1) is 10.3. The number of pyridine rings is 1. The molecule has 0 spiro atoms. The number of anilines is 1. The second-order valence-electron chi connectivity index (χ2n) is 6.62. The predicted octanol–water partition coefficient (Wildman–Crippen LogP) is 4.66. The van der Waals surface area contributed by atoms with Gasteiger partial charge in [-0.2, -0.15) is 0 Å². The van der Waals surface area contributed by atoms with Crippen LogP contribution in [0.5, 0.6) is 0 Å². The summed E-state index contributed by atoms with van der Waals surface area (Å²) >= 11 is 0. The number of nitrogens with one attached hydrogen (secondary N) is 1. The average Bonchev–Trinajstić information content (AvgIpc) is 2.75. The topological polar surface area (TPSA) is 29.3 Å². The highest BCUT2D eigenvalue weighted by Crippen LogP contribution is 2.31. The molecule has 0 atom stereocenters. The van der Waals surface area contributed by atoms with E-state index >= 15 is 0 Å². The zero-order valence-corrected chi connectivity index (χ0v) is 13.3. The summed E-state index contributed by atoms with van der Waals surface area (Å²) in [4.78, 5) is 4.74. The number of rotatable bonds is 2. The van der Waals surface area contributed by atoms with Gasteiger partial charge in [0.15, 0.2) is 0 Å². The van der Waals surface area contributed by atoms with E-state index in [4.69, 9.17) is 4.98 Å². The number of hydrogen-bond acceptors (Lipinski definition) is 2. The molecular weight excluding hydrogens is 277 g/mol. The van der Waals surface area contributed by atoms with Crippen LogP contribution in [0.4, 0.5) is 10.2 Å². The predicted molar refractivity (Wildman–Crippen MR) is 88.7 cm³/mol. The molecule has 1 N–H and O–H groups in total. The third-order valence-corrected chi connectivity index (χ3v) is 3.39. The summed E-state index contributed by atoms with van der Waals surface area (Å²) in [6.07, 6.45) is 2.01. The van der Waals surface area contributed by atoms with Crippen LogP contribution in [0.2, 0.25) is 0 Å². The molecule has 2 heterocycles. The molecule has 22 heavy (non-hydrogen) atoms. The summed E-state index contributed by atoms with van der Waals surface area (Å²) in [6.45, 7) is 8.36. The molecule has 0 fully saturated rings. The molecule has 114 valence electrons. The lowest BCUT2D eigenvalue weighted by atomic mass is 10.1. The van der Waals surface area contributed by atoms with Crippen LogP contribution in [0.25, 0.3) is 16.9 Å². The lowest BCUT2D eigenvalue weighted by molar-refractivity contribution is 0.627. The number of hydrogen-bond donors (Lipinski definition) is 1. The molecule has 2 aromatic heterocycles. The summed E-state index contributed by atoms with van der Waals surface area (Å²) in [6, 6.07) is 10.5. The largest absolute Gasteiger partial charge is 0.365 e. The molecule has 4 heteroatoms. The molecule has 0 aliphatic rings. The summed E-state index contributed by atoms with van der Waals surface area (Å²) in [7, 11) is 0. The van der Waals surface area contributed by atoms with Crippen molar-refractivity contribution in [3.63, 3.8) is 0 Å². The molecule has 0 aliphatic carbocycles. The van der Waals surface area contributed by atoms with Gasteiger partial charge in [-0.25, -0.2) is 9.37 Å². The van der Waals surface area contributed by atoms with Crippen molar-refractivity contribution in [2.75, 3.05) is 5.32 Å². The van der Waals surface area contributed by atoms with E-state index in [9.17, 15) is 4.39 Å². The Labute approximate surface area is 129 Å². The minimum absolute atomic E-state index is 0.102. The van der Waals surface area contributed by atoms with Crippen molar-refractivity contribution in [1.29, 1.82) is 0 Å². The molecule has 0 aliphatic heterocycles. The van der Waals surface area contributed by atoms with E-state index in [1.54, 1.807) is 12.1 Å². The molecule has 0 unspecified atom stereocenters. The van der Waals surface area contributed by atoms with E-state index in [2.05, 4.69) is 32.2 Å². The zero-order chi connectivity index (χ0) is 15.9. The van der Waals surface area contributed by atoms with Crippen molar-refractivity contribution in [3.8, 4) is 11.3 Å². The van der Waals surface area contributed by atoms with E-state index < -0.39 is 0 Å². The van der Waals surface area contributed by atoms with Gasteiger partial charge in [0, 0.05) is 17.3 Å². The lowest BCUT2D eigenvalue weighted by Gasteiger charge is -2.22. The number of aromatic nitrogens is 2. The van der Waals surface area contributed by atoms with Gasteiger partial charge in [-0.15, -0.1) is 0 Å². The second kappa shape index (κ2) is 5.13. The van der Waals surface area contributed by atoms with Crippen molar-refractivity contribution >= 4 is 11.5 Å². The highest BCUT2D eigenvalue weighted by Gasteiger charge is 2.19. The van der Waals surface area contributed by atoms with Crippen LogP contribution in [0, 0.1) is 12.7 Å². The third-order valence-electron chi connectivity index (χ3n) is 3.39. The molecule has 0 saturated carbocycles. The summed E-state index contributed by atoms with van der Waals surface area (Å²) in [5, 5.41) is 3.51. The van der Waals surface area contributed by atoms with Crippen molar-refractivity contribution < 1.29 is 4.39 Å². The molecule has 0 radical (unpaired) electrons. The minimum Gasteiger partial charge on any atom is -0.365 e. The van der Waals surface area contributed by atoms with Crippen LogP contribution in [-0.4, -0.2) is 14.9 Å². The van der Waals surface area contributed by atoms with Crippen molar-refractivity contribution in [1.82, 2.24) is 9.38 Å². The molecule has 3 rings (SSSR count). The second-order valence-corrected chi connectivity index (χ2v) is 6.62. The molecule has 0 saturated heterocycles. The molecule has 3 aromatic rings. The highest BCUT2D eigenvalue weighted by atomic mass is 19.1. The van der Waals surface area contributed by atoms with E-state index in [-0.39, 0.29) is 11.4 Å². The van der Waals surface area contributed by atoms with Gasteiger partial charge in [-0.05, 0) is 69.7 Å². The number of halogens is 1. The Morgan fingerprint density at radius 3 is 2.41 bits per heavy atom. The summed E-state index contributed by atoms with van der Waals surface area (Å²) in [5.74, 6) is 0.683. The number of fused-ring (bicyclic) bond motifs is 1. The van der Waals surface area contributed by atoms with E-state index in [0.717, 1.165) is 28.3 Å². The van der Waals surface area contributed by atoms with Crippen molar-refractivity contribution in [2.24, 2.45) is 0 Å². The van der Waals surface area contributed by atoms with Gasteiger partial charge in [-0.1, -0.05) is 0 Å². The number of nitrogens with zero attached hydrogens (tertiary/aromatic N) is 2. The fourth-order valence-corrected chi connectivity index (χ4v) is 2.43. The first-order valence-corrected chi connectivity index (χ1v) is 7.36. The Morgan fingerprint density at radius 1 is 1.09 bits per heavy atom. The standard InChI is InChI=1S/C18H20FN3/c1-12-9-10-22-15(11-12)20-16(17(22)21-18(2,3)4)13-5-7-14(19)8-6-13/h5-11,21H,1-4H3. The van der Waals surface area contributed by atoms with Crippen molar-refractivity contribution in [2.45, 2.75) is 33.2 Å². The quantitative estimate of drug-likeness (QED) is 0.745. The Hall–Kier alpha value is -2.36. The van der Waals surface area contributed by atoms with Gasteiger partial charge in [-0.3, -0.25) is 4.40 Å². The Bertz CT molecular complexity index is 811. The summed E-state index contributed by atoms with van der Waals surface area (Å²) < 4.78 is 15.2.